The van der Waals surface area contributed by atoms with Crippen LogP contribution in [0.15, 0.2) is 42.5 Å². The van der Waals surface area contributed by atoms with Crippen LogP contribution in [0.2, 0.25) is 0 Å². The van der Waals surface area contributed by atoms with Crippen molar-refractivity contribution in [3.05, 3.63) is 53.6 Å². The molecular weight excluding hydrogens is 399 g/mol. The Balaban J connectivity index is 1.84. The van der Waals surface area contributed by atoms with Crippen molar-refractivity contribution in [2.24, 2.45) is 0 Å². The molecule has 0 saturated carbocycles. The van der Waals surface area contributed by atoms with E-state index in [1.54, 1.807) is 12.1 Å². The summed E-state index contributed by atoms with van der Waals surface area (Å²) in [7, 11) is 1.35. The number of hydrogen-bond acceptors (Lipinski definition) is 4. The van der Waals surface area contributed by atoms with E-state index in [9.17, 15) is 18.0 Å². The number of rotatable bonds is 11. The lowest BCUT2D eigenvalue weighted by atomic mass is 10.1. The number of benzene rings is 2. The van der Waals surface area contributed by atoms with Crippen molar-refractivity contribution >= 4 is 5.91 Å². The van der Waals surface area contributed by atoms with Crippen LogP contribution in [0.5, 0.6) is 17.2 Å². The van der Waals surface area contributed by atoms with Gasteiger partial charge in [0.2, 0.25) is 5.91 Å². The first-order chi connectivity index (χ1) is 14.3. The van der Waals surface area contributed by atoms with Gasteiger partial charge >= 0.3 is 6.18 Å². The molecule has 0 spiro atoms. The second kappa shape index (κ2) is 11.3. The number of methoxy groups -OCH3 is 1. The largest absolute Gasteiger partial charge is 0.494 e. The molecule has 0 aromatic heterocycles. The smallest absolute Gasteiger partial charge is 0.422 e. The molecule has 5 nitrogen and oxygen atoms in total. The summed E-state index contributed by atoms with van der Waals surface area (Å²) in [6.45, 7) is 1.66. The van der Waals surface area contributed by atoms with E-state index < -0.39 is 12.8 Å². The summed E-state index contributed by atoms with van der Waals surface area (Å²) in [6.07, 6.45) is -2.86. The highest BCUT2D eigenvalue weighted by molar-refractivity contribution is 5.76. The number of halogens is 3. The maximum atomic E-state index is 12.3. The maximum absolute atomic E-state index is 12.3. The third-order valence-corrected chi connectivity index (χ3v) is 4.12. The minimum Gasteiger partial charge on any atom is -0.494 e. The molecule has 2 aromatic rings. The van der Waals surface area contributed by atoms with Crippen LogP contribution >= 0.6 is 0 Å². The summed E-state index contributed by atoms with van der Waals surface area (Å²) in [5.74, 6) is 0.837. The van der Waals surface area contributed by atoms with E-state index in [1.165, 1.54) is 13.2 Å². The molecule has 30 heavy (non-hydrogen) atoms. The van der Waals surface area contributed by atoms with Gasteiger partial charge in [-0.2, -0.15) is 13.2 Å². The van der Waals surface area contributed by atoms with E-state index in [-0.39, 0.29) is 23.8 Å². The average molecular weight is 425 g/mol. The van der Waals surface area contributed by atoms with Crippen molar-refractivity contribution in [3.8, 4) is 17.2 Å². The van der Waals surface area contributed by atoms with E-state index in [0.717, 1.165) is 23.3 Å². The molecule has 0 bridgehead atoms. The SMILES string of the molecule is CCCOc1cccc(CNC(=O)CCc2ccc(OCC(F)(F)F)c(OC)c2)c1. The molecule has 8 heteroatoms. The van der Waals surface area contributed by atoms with Crippen LogP contribution in [0.25, 0.3) is 0 Å². The fourth-order valence-electron chi connectivity index (χ4n) is 2.66. The molecule has 1 amide bonds. The number of amides is 1. The van der Waals surface area contributed by atoms with Crippen molar-refractivity contribution in [3.63, 3.8) is 0 Å². The minimum atomic E-state index is -4.43. The molecule has 0 atom stereocenters. The van der Waals surface area contributed by atoms with Crippen molar-refractivity contribution < 1.29 is 32.2 Å². The Morgan fingerprint density at radius 1 is 1.03 bits per heavy atom. The molecular formula is C22H26F3NO4. The first kappa shape index (κ1) is 23.4. The van der Waals surface area contributed by atoms with Gasteiger partial charge in [-0.1, -0.05) is 25.1 Å². The summed E-state index contributed by atoms with van der Waals surface area (Å²) in [6, 6.07) is 12.2. The molecule has 0 aliphatic carbocycles. The summed E-state index contributed by atoms with van der Waals surface area (Å²) >= 11 is 0. The lowest BCUT2D eigenvalue weighted by Gasteiger charge is -2.13. The quantitative estimate of drug-likeness (QED) is 0.568. The van der Waals surface area contributed by atoms with Crippen LogP contribution < -0.4 is 19.5 Å². The molecule has 164 valence electrons. The molecule has 2 aromatic carbocycles. The summed E-state index contributed by atoms with van der Waals surface area (Å²) in [4.78, 5) is 12.2. The van der Waals surface area contributed by atoms with E-state index in [1.807, 2.05) is 31.2 Å². The lowest BCUT2D eigenvalue weighted by Crippen LogP contribution is -2.23. The molecule has 0 radical (unpaired) electrons. The van der Waals surface area contributed by atoms with Gasteiger partial charge in [-0.25, -0.2) is 0 Å². The highest BCUT2D eigenvalue weighted by Crippen LogP contribution is 2.30. The van der Waals surface area contributed by atoms with Gasteiger partial charge in [0.15, 0.2) is 18.1 Å². The van der Waals surface area contributed by atoms with Gasteiger partial charge in [0.1, 0.15) is 5.75 Å². The Bertz CT molecular complexity index is 824. The zero-order valence-electron chi connectivity index (χ0n) is 17.1. The lowest BCUT2D eigenvalue weighted by molar-refractivity contribution is -0.153. The zero-order valence-corrected chi connectivity index (χ0v) is 17.1. The van der Waals surface area contributed by atoms with Crippen LogP contribution in [0.4, 0.5) is 13.2 Å². The van der Waals surface area contributed by atoms with Gasteiger partial charge in [0.25, 0.3) is 0 Å². The molecule has 2 rings (SSSR count). The topological polar surface area (TPSA) is 56.8 Å². The Morgan fingerprint density at radius 2 is 1.83 bits per heavy atom. The third kappa shape index (κ3) is 8.23. The minimum absolute atomic E-state index is 0.00759. The second-order valence-electron chi connectivity index (χ2n) is 6.66. The molecule has 0 heterocycles. The number of alkyl halides is 3. The zero-order chi connectivity index (χ0) is 22.0. The van der Waals surface area contributed by atoms with Gasteiger partial charge in [-0.05, 0) is 48.2 Å². The predicted octanol–water partition coefficient (Wildman–Crippen LogP) is 4.67. The van der Waals surface area contributed by atoms with Gasteiger partial charge in [-0.3, -0.25) is 4.79 Å². The van der Waals surface area contributed by atoms with Crippen molar-refractivity contribution in [2.75, 3.05) is 20.3 Å². The number of carbonyl (C=O) groups excluding carboxylic acids is 1. The predicted molar refractivity (Wildman–Crippen MR) is 107 cm³/mol. The van der Waals surface area contributed by atoms with Crippen LogP contribution in [0, 0.1) is 0 Å². The van der Waals surface area contributed by atoms with E-state index >= 15 is 0 Å². The number of hydrogen-bond donors (Lipinski definition) is 1. The summed E-state index contributed by atoms with van der Waals surface area (Å²) in [5, 5.41) is 2.85. The van der Waals surface area contributed by atoms with Crippen LogP contribution in [-0.4, -0.2) is 32.4 Å². The van der Waals surface area contributed by atoms with Crippen molar-refractivity contribution in [2.45, 2.75) is 38.9 Å². The fraction of sp³-hybridized carbons (Fsp3) is 0.409. The number of nitrogens with one attached hydrogen (secondary N) is 1. The Kier molecular flexibility index (Phi) is 8.83. The summed E-state index contributed by atoms with van der Waals surface area (Å²) in [5.41, 5.74) is 1.70. The van der Waals surface area contributed by atoms with Crippen LogP contribution in [0.3, 0.4) is 0 Å². The maximum Gasteiger partial charge on any atom is 0.422 e. The van der Waals surface area contributed by atoms with E-state index in [0.29, 0.717) is 19.6 Å². The fourth-order valence-corrected chi connectivity index (χ4v) is 2.66. The number of aryl methyl sites for hydroxylation is 1. The van der Waals surface area contributed by atoms with Crippen LogP contribution in [-0.2, 0) is 17.8 Å². The van der Waals surface area contributed by atoms with Crippen molar-refractivity contribution in [1.29, 1.82) is 0 Å². The Hall–Kier alpha value is -2.90. The van der Waals surface area contributed by atoms with Gasteiger partial charge < -0.3 is 19.5 Å². The molecule has 0 aliphatic heterocycles. The van der Waals surface area contributed by atoms with Crippen molar-refractivity contribution in [1.82, 2.24) is 5.32 Å². The van der Waals surface area contributed by atoms with Crippen LogP contribution in [0.1, 0.15) is 30.9 Å². The standard InChI is InChI=1S/C22H26F3NO4/c1-3-11-29-18-6-4-5-17(12-18)14-26-21(27)10-8-16-7-9-19(20(13-16)28-2)30-15-22(23,24)25/h4-7,9,12-13H,3,8,10-11,14-15H2,1-2H3,(H,26,27). The van der Waals surface area contributed by atoms with E-state index in [4.69, 9.17) is 14.2 Å². The molecule has 0 unspecified atom stereocenters. The molecule has 0 saturated heterocycles. The highest BCUT2D eigenvalue weighted by Gasteiger charge is 2.29. The first-order valence-electron chi connectivity index (χ1n) is 9.65. The number of ether oxygens (including phenoxy) is 3. The Morgan fingerprint density at radius 3 is 2.53 bits per heavy atom. The first-order valence-corrected chi connectivity index (χ1v) is 9.65. The molecule has 1 N–H and O–H groups in total. The Labute approximate surface area is 174 Å². The molecule has 0 fully saturated rings. The average Bonchev–Trinajstić information content (AvgIpc) is 2.73. The number of carbonyl (C=O) groups is 1. The van der Waals surface area contributed by atoms with Gasteiger partial charge in [-0.15, -0.1) is 0 Å². The van der Waals surface area contributed by atoms with E-state index in [2.05, 4.69) is 5.32 Å². The monoisotopic (exact) mass is 425 g/mol. The normalized spacial score (nSPS) is 11.1. The van der Waals surface area contributed by atoms with Gasteiger partial charge in [0, 0.05) is 13.0 Å². The second-order valence-corrected chi connectivity index (χ2v) is 6.66. The van der Waals surface area contributed by atoms with Gasteiger partial charge in [0.05, 0.1) is 13.7 Å². The third-order valence-electron chi connectivity index (χ3n) is 4.12. The highest BCUT2D eigenvalue weighted by atomic mass is 19.4. The molecule has 0 aliphatic rings. The summed E-state index contributed by atoms with van der Waals surface area (Å²) < 4.78 is 52.4.